The predicted molar refractivity (Wildman–Crippen MR) is 131 cm³/mol. The molecule has 0 bridgehead atoms. The summed E-state index contributed by atoms with van der Waals surface area (Å²) in [6.07, 6.45) is 1.16. The van der Waals surface area contributed by atoms with E-state index in [-0.39, 0.29) is 23.5 Å². The highest BCUT2D eigenvalue weighted by Gasteiger charge is 2.30. The number of Topliss-reactive ketones (excluding diaryl/α,β-unsaturated/α-hetero) is 1. The summed E-state index contributed by atoms with van der Waals surface area (Å²) in [4.78, 5) is 40.8. The topological polar surface area (TPSA) is 84.9 Å². The van der Waals surface area contributed by atoms with Gasteiger partial charge in [-0.25, -0.2) is 0 Å². The van der Waals surface area contributed by atoms with Crippen LogP contribution in [0, 0.1) is 5.92 Å². The molecule has 3 aromatic carbocycles. The largest absolute Gasteiger partial charge is 0.486 e. The van der Waals surface area contributed by atoms with Crippen molar-refractivity contribution >= 4 is 23.3 Å². The van der Waals surface area contributed by atoms with Crippen LogP contribution in [0.3, 0.4) is 0 Å². The molecule has 2 amide bonds. The van der Waals surface area contributed by atoms with Crippen molar-refractivity contribution < 1.29 is 23.9 Å². The first-order chi connectivity index (χ1) is 17.1. The summed E-state index contributed by atoms with van der Waals surface area (Å²) in [6, 6.07) is 21.2. The summed E-state index contributed by atoms with van der Waals surface area (Å²) in [6.45, 7) is 1.92. The smallest absolute Gasteiger partial charge is 0.255 e. The normalized spacial score (nSPS) is 15.4. The van der Waals surface area contributed by atoms with Gasteiger partial charge in [-0.3, -0.25) is 14.4 Å². The summed E-state index contributed by atoms with van der Waals surface area (Å²) in [7, 11) is 0. The quantitative estimate of drug-likeness (QED) is 0.557. The van der Waals surface area contributed by atoms with E-state index in [1.807, 2.05) is 6.07 Å². The number of benzene rings is 3. The van der Waals surface area contributed by atoms with Gasteiger partial charge in [0.25, 0.3) is 11.8 Å². The van der Waals surface area contributed by atoms with Gasteiger partial charge in [0.15, 0.2) is 17.3 Å². The first-order valence-electron chi connectivity index (χ1n) is 11.8. The lowest BCUT2D eigenvalue weighted by Gasteiger charge is -2.32. The van der Waals surface area contributed by atoms with Gasteiger partial charge in [0.1, 0.15) is 13.2 Å². The third-order valence-corrected chi connectivity index (χ3v) is 6.42. The second-order valence-electron chi connectivity index (χ2n) is 8.65. The fourth-order valence-corrected chi connectivity index (χ4v) is 4.51. The molecular weight excluding hydrogens is 444 g/mol. The average molecular weight is 471 g/mol. The van der Waals surface area contributed by atoms with Crippen molar-refractivity contribution in [1.82, 2.24) is 4.90 Å². The molecule has 0 aliphatic carbocycles. The van der Waals surface area contributed by atoms with Gasteiger partial charge >= 0.3 is 0 Å². The Morgan fingerprint density at radius 1 is 0.771 bits per heavy atom. The van der Waals surface area contributed by atoms with E-state index in [0.717, 1.165) is 0 Å². The van der Waals surface area contributed by atoms with Gasteiger partial charge in [0, 0.05) is 30.1 Å². The molecule has 0 aromatic heterocycles. The highest BCUT2D eigenvalue weighted by molar-refractivity contribution is 6.09. The second-order valence-corrected chi connectivity index (χ2v) is 8.65. The molecule has 178 valence electrons. The SMILES string of the molecule is O=C(Nc1ccccc1C(=O)N1CCC(C(=O)c2ccc3c(c2)OCCO3)CC1)c1ccccc1. The minimum Gasteiger partial charge on any atom is -0.486 e. The molecule has 5 rings (SSSR count). The van der Waals surface area contributed by atoms with Gasteiger partial charge in [0.05, 0.1) is 11.3 Å². The number of anilines is 1. The number of hydrogen-bond donors (Lipinski definition) is 1. The number of para-hydroxylation sites is 1. The lowest BCUT2D eigenvalue weighted by Crippen LogP contribution is -2.40. The number of piperidine rings is 1. The van der Waals surface area contributed by atoms with Gasteiger partial charge in [-0.2, -0.15) is 0 Å². The van der Waals surface area contributed by atoms with Crippen LogP contribution in [0.4, 0.5) is 5.69 Å². The molecule has 7 nitrogen and oxygen atoms in total. The van der Waals surface area contributed by atoms with Gasteiger partial charge < -0.3 is 19.7 Å². The highest BCUT2D eigenvalue weighted by atomic mass is 16.6. The van der Waals surface area contributed by atoms with Crippen LogP contribution in [-0.4, -0.2) is 48.8 Å². The Morgan fingerprint density at radius 3 is 2.23 bits per heavy atom. The fourth-order valence-electron chi connectivity index (χ4n) is 4.51. The van der Waals surface area contributed by atoms with E-state index in [9.17, 15) is 14.4 Å². The van der Waals surface area contributed by atoms with Gasteiger partial charge in [0.2, 0.25) is 0 Å². The van der Waals surface area contributed by atoms with E-state index in [1.54, 1.807) is 71.6 Å². The Balaban J connectivity index is 1.23. The van der Waals surface area contributed by atoms with Gasteiger partial charge in [-0.05, 0) is 55.3 Å². The summed E-state index contributed by atoms with van der Waals surface area (Å²) in [5.41, 5.74) is 2.04. The molecule has 1 saturated heterocycles. The minimum atomic E-state index is -0.269. The number of ether oxygens (including phenoxy) is 2. The van der Waals surface area contributed by atoms with E-state index in [1.165, 1.54) is 0 Å². The number of ketones is 1. The molecule has 2 aliphatic rings. The van der Waals surface area contributed by atoms with Crippen LogP contribution in [0.5, 0.6) is 11.5 Å². The third-order valence-electron chi connectivity index (χ3n) is 6.42. The molecule has 2 heterocycles. The van der Waals surface area contributed by atoms with Crippen molar-refractivity contribution in [3.05, 3.63) is 89.5 Å². The van der Waals surface area contributed by atoms with E-state index in [4.69, 9.17) is 9.47 Å². The van der Waals surface area contributed by atoms with E-state index in [2.05, 4.69) is 5.32 Å². The van der Waals surface area contributed by atoms with E-state index < -0.39 is 0 Å². The molecule has 1 N–H and O–H groups in total. The summed E-state index contributed by atoms with van der Waals surface area (Å²) in [5.74, 6) is 0.739. The fraction of sp³-hybridized carbons (Fsp3) is 0.250. The molecule has 35 heavy (non-hydrogen) atoms. The van der Waals surface area contributed by atoms with Crippen molar-refractivity contribution in [2.75, 3.05) is 31.6 Å². The van der Waals surface area contributed by atoms with Gasteiger partial charge in [-0.1, -0.05) is 30.3 Å². The Kier molecular flexibility index (Phi) is 6.48. The number of carbonyl (C=O) groups is 3. The molecule has 0 atom stereocenters. The first-order valence-corrected chi connectivity index (χ1v) is 11.8. The molecule has 7 heteroatoms. The van der Waals surface area contributed by atoms with Crippen molar-refractivity contribution in [2.45, 2.75) is 12.8 Å². The van der Waals surface area contributed by atoms with Crippen LogP contribution in [0.2, 0.25) is 0 Å². The third kappa shape index (κ3) is 4.89. The molecule has 0 radical (unpaired) electrons. The maximum Gasteiger partial charge on any atom is 0.255 e. The Morgan fingerprint density at radius 2 is 1.46 bits per heavy atom. The van der Waals surface area contributed by atoms with Crippen LogP contribution in [0.25, 0.3) is 0 Å². The summed E-state index contributed by atoms with van der Waals surface area (Å²) in [5, 5.41) is 2.86. The van der Waals surface area contributed by atoms with Crippen molar-refractivity contribution in [2.24, 2.45) is 5.92 Å². The number of hydrogen-bond acceptors (Lipinski definition) is 5. The molecule has 0 unspecified atom stereocenters. The standard InChI is InChI=1S/C28H26N2O5/c31-26(21-10-11-24-25(18-21)35-17-16-34-24)19-12-14-30(15-13-19)28(33)22-8-4-5-9-23(22)29-27(32)20-6-2-1-3-7-20/h1-11,18-19H,12-17H2,(H,29,32). The lowest BCUT2D eigenvalue weighted by molar-refractivity contribution is 0.0651. The first kappa shape index (κ1) is 22.7. The zero-order valence-electron chi connectivity index (χ0n) is 19.2. The van der Waals surface area contributed by atoms with Crippen LogP contribution in [0.15, 0.2) is 72.8 Å². The van der Waals surface area contributed by atoms with Crippen molar-refractivity contribution in [3.8, 4) is 11.5 Å². The molecule has 0 saturated carbocycles. The maximum atomic E-state index is 13.3. The number of nitrogens with one attached hydrogen (secondary N) is 1. The Labute approximate surface area is 203 Å². The van der Waals surface area contributed by atoms with Gasteiger partial charge in [-0.15, -0.1) is 0 Å². The monoisotopic (exact) mass is 470 g/mol. The van der Waals surface area contributed by atoms with E-state index >= 15 is 0 Å². The second kappa shape index (κ2) is 10.0. The Bertz CT molecular complexity index is 1250. The number of rotatable bonds is 5. The zero-order valence-corrected chi connectivity index (χ0v) is 19.2. The number of nitrogens with zero attached hydrogens (tertiary/aromatic N) is 1. The summed E-state index contributed by atoms with van der Waals surface area (Å²) < 4.78 is 11.1. The maximum absolute atomic E-state index is 13.3. The highest BCUT2D eigenvalue weighted by Crippen LogP contribution is 2.33. The molecule has 2 aliphatic heterocycles. The van der Waals surface area contributed by atoms with Crippen molar-refractivity contribution in [1.29, 1.82) is 0 Å². The molecular formula is C28H26N2O5. The van der Waals surface area contributed by atoms with Crippen LogP contribution in [0.1, 0.15) is 43.9 Å². The number of fused-ring (bicyclic) bond motifs is 1. The molecule has 3 aromatic rings. The Hall–Kier alpha value is -4.13. The predicted octanol–water partition coefficient (Wildman–Crippen LogP) is 4.45. The van der Waals surface area contributed by atoms with Crippen molar-refractivity contribution in [3.63, 3.8) is 0 Å². The lowest BCUT2D eigenvalue weighted by atomic mass is 9.88. The minimum absolute atomic E-state index is 0.0598. The van der Waals surface area contributed by atoms with Crippen LogP contribution in [-0.2, 0) is 0 Å². The summed E-state index contributed by atoms with van der Waals surface area (Å²) >= 11 is 0. The average Bonchev–Trinajstić information content (AvgIpc) is 2.93. The number of amides is 2. The number of carbonyl (C=O) groups excluding carboxylic acids is 3. The molecule has 1 fully saturated rings. The van der Waals surface area contributed by atoms with Crippen LogP contribution >= 0.6 is 0 Å². The van der Waals surface area contributed by atoms with E-state index in [0.29, 0.717) is 73.0 Å². The van der Waals surface area contributed by atoms with Crippen LogP contribution < -0.4 is 14.8 Å². The zero-order chi connectivity index (χ0) is 24.2. The molecule has 0 spiro atoms. The number of likely N-dealkylation sites (tertiary alicyclic amines) is 1.